The number of likely N-dealkylation sites (N-methyl/N-ethyl adjacent to an activating group) is 1. The first kappa shape index (κ1) is 15.2. The van der Waals surface area contributed by atoms with E-state index in [1.54, 1.807) is 0 Å². The summed E-state index contributed by atoms with van der Waals surface area (Å²) in [5.41, 5.74) is 5.60. The van der Waals surface area contributed by atoms with Crippen molar-refractivity contribution in [2.75, 3.05) is 19.6 Å². The third kappa shape index (κ3) is 5.32. The summed E-state index contributed by atoms with van der Waals surface area (Å²) < 4.78 is 0. The third-order valence-electron chi connectivity index (χ3n) is 2.79. The zero-order valence-electron chi connectivity index (χ0n) is 10.9. The van der Waals surface area contributed by atoms with E-state index < -0.39 is 0 Å². The molecule has 0 bridgehead atoms. The normalized spacial score (nSPS) is 16.4. The summed E-state index contributed by atoms with van der Waals surface area (Å²) in [6.07, 6.45) is 0.818. The highest BCUT2D eigenvalue weighted by molar-refractivity contribution is 5.85. The van der Waals surface area contributed by atoms with Crippen molar-refractivity contribution < 1.29 is 5.21 Å². The summed E-state index contributed by atoms with van der Waals surface area (Å²) in [7, 11) is 0. The van der Waals surface area contributed by atoms with Gasteiger partial charge < -0.3 is 21.2 Å². The van der Waals surface area contributed by atoms with Crippen molar-refractivity contribution in [1.82, 2.24) is 10.2 Å². The molecule has 0 fully saturated rings. The number of amidine groups is 1. The van der Waals surface area contributed by atoms with Crippen molar-refractivity contribution in [3.63, 3.8) is 0 Å². The Kier molecular flexibility index (Phi) is 7.93. The minimum Gasteiger partial charge on any atom is -0.409 e. The van der Waals surface area contributed by atoms with Crippen LogP contribution >= 0.6 is 0 Å². The summed E-state index contributed by atoms with van der Waals surface area (Å²) in [4.78, 5) is 2.34. The molecule has 16 heavy (non-hydrogen) atoms. The van der Waals surface area contributed by atoms with E-state index in [2.05, 4.69) is 36.1 Å². The van der Waals surface area contributed by atoms with E-state index in [-0.39, 0.29) is 11.9 Å². The van der Waals surface area contributed by atoms with E-state index in [1.165, 1.54) is 0 Å². The van der Waals surface area contributed by atoms with Gasteiger partial charge >= 0.3 is 0 Å². The number of oxime groups is 1. The quantitative estimate of drug-likeness (QED) is 0.250. The number of nitrogens with one attached hydrogen (secondary N) is 1. The Bertz CT molecular complexity index is 204. The Morgan fingerprint density at radius 1 is 1.38 bits per heavy atom. The number of hydrogen-bond donors (Lipinski definition) is 3. The van der Waals surface area contributed by atoms with Gasteiger partial charge in [-0.3, -0.25) is 0 Å². The lowest BCUT2D eigenvalue weighted by atomic mass is 10.1. The first-order chi connectivity index (χ1) is 7.58. The average molecular weight is 230 g/mol. The second-order valence-electron chi connectivity index (χ2n) is 4.04. The Morgan fingerprint density at radius 2 is 1.94 bits per heavy atom. The van der Waals surface area contributed by atoms with Gasteiger partial charge in [0.2, 0.25) is 0 Å². The van der Waals surface area contributed by atoms with E-state index in [4.69, 9.17) is 10.9 Å². The van der Waals surface area contributed by atoms with Gasteiger partial charge in [0.25, 0.3) is 0 Å². The SMILES string of the molecule is CCC(NC(C)CN(CC)CC)C(N)=NO. The topological polar surface area (TPSA) is 73.9 Å². The zero-order chi connectivity index (χ0) is 12.6. The second kappa shape index (κ2) is 8.35. The van der Waals surface area contributed by atoms with E-state index in [0.29, 0.717) is 6.04 Å². The highest BCUT2D eigenvalue weighted by Crippen LogP contribution is 1.97. The maximum atomic E-state index is 8.64. The van der Waals surface area contributed by atoms with Crippen LogP contribution in [0.15, 0.2) is 5.16 Å². The van der Waals surface area contributed by atoms with Crippen molar-refractivity contribution in [3.05, 3.63) is 0 Å². The van der Waals surface area contributed by atoms with Gasteiger partial charge in [0.05, 0.1) is 6.04 Å². The lowest BCUT2D eigenvalue weighted by Gasteiger charge is -2.26. The molecule has 0 aromatic heterocycles. The van der Waals surface area contributed by atoms with Crippen molar-refractivity contribution in [2.24, 2.45) is 10.9 Å². The summed E-state index contributed by atoms with van der Waals surface area (Å²) >= 11 is 0. The van der Waals surface area contributed by atoms with Crippen molar-refractivity contribution >= 4 is 5.84 Å². The van der Waals surface area contributed by atoms with Crippen LogP contribution in [0, 0.1) is 0 Å². The monoisotopic (exact) mass is 230 g/mol. The Hall–Kier alpha value is -0.810. The molecule has 0 heterocycles. The van der Waals surface area contributed by atoms with Crippen LogP contribution in [-0.4, -0.2) is 47.7 Å². The zero-order valence-corrected chi connectivity index (χ0v) is 10.9. The Labute approximate surface area is 98.7 Å². The minimum atomic E-state index is -0.0458. The number of nitrogens with zero attached hydrogens (tertiary/aromatic N) is 2. The van der Waals surface area contributed by atoms with E-state index in [1.807, 2.05) is 6.92 Å². The fourth-order valence-corrected chi connectivity index (χ4v) is 1.75. The van der Waals surface area contributed by atoms with Crippen molar-refractivity contribution in [1.29, 1.82) is 0 Å². The van der Waals surface area contributed by atoms with E-state index in [9.17, 15) is 0 Å². The van der Waals surface area contributed by atoms with Crippen LogP contribution in [0.2, 0.25) is 0 Å². The van der Waals surface area contributed by atoms with Crippen LogP contribution in [0.3, 0.4) is 0 Å². The van der Waals surface area contributed by atoms with Gasteiger partial charge in [0.15, 0.2) is 5.84 Å². The van der Waals surface area contributed by atoms with Crippen LogP contribution in [0.25, 0.3) is 0 Å². The smallest absolute Gasteiger partial charge is 0.156 e. The molecule has 4 N–H and O–H groups in total. The van der Waals surface area contributed by atoms with Crippen LogP contribution in [0.4, 0.5) is 0 Å². The highest BCUT2D eigenvalue weighted by Gasteiger charge is 2.15. The maximum absolute atomic E-state index is 8.64. The standard InChI is InChI=1S/C11H26N4O/c1-5-10(11(12)14-16)13-9(4)8-15(6-2)7-3/h9-10,13,16H,5-8H2,1-4H3,(H2,12,14). The molecule has 0 aliphatic heterocycles. The molecule has 0 saturated carbocycles. The molecule has 5 heteroatoms. The fourth-order valence-electron chi connectivity index (χ4n) is 1.75. The molecule has 5 nitrogen and oxygen atoms in total. The first-order valence-corrected chi connectivity index (χ1v) is 6.04. The van der Waals surface area contributed by atoms with E-state index in [0.717, 1.165) is 26.1 Å². The summed E-state index contributed by atoms with van der Waals surface area (Å²) in [5, 5.41) is 15.0. The van der Waals surface area contributed by atoms with Crippen molar-refractivity contribution in [3.8, 4) is 0 Å². The molecular formula is C11H26N4O. The largest absolute Gasteiger partial charge is 0.409 e. The second-order valence-corrected chi connectivity index (χ2v) is 4.04. The predicted octanol–water partition coefficient (Wildman–Crippen LogP) is 0.831. The Morgan fingerprint density at radius 3 is 2.31 bits per heavy atom. The molecule has 0 saturated heterocycles. The average Bonchev–Trinajstić information content (AvgIpc) is 2.31. The van der Waals surface area contributed by atoms with Gasteiger partial charge in [0.1, 0.15) is 0 Å². The summed E-state index contributed by atoms with van der Waals surface area (Å²) in [6, 6.07) is 0.278. The molecule has 0 spiro atoms. The predicted molar refractivity (Wildman–Crippen MR) is 67.9 cm³/mol. The van der Waals surface area contributed by atoms with Gasteiger partial charge in [0, 0.05) is 12.6 Å². The Balaban J connectivity index is 4.14. The first-order valence-electron chi connectivity index (χ1n) is 6.04. The van der Waals surface area contributed by atoms with Gasteiger partial charge in [-0.05, 0) is 26.4 Å². The van der Waals surface area contributed by atoms with Crippen LogP contribution < -0.4 is 11.1 Å². The van der Waals surface area contributed by atoms with Gasteiger partial charge in [-0.1, -0.05) is 25.9 Å². The molecule has 0 aliphatic carbocycles. The minimum absolute atomic E-state index is 0.0458. The molecule has 0 aromatic rings. The van der Waals surface area contributed by atoms with E-state index >= 15 is 0 Å². The van der Waals surface area contributed by atoms with Crippen LogP contribution in [0.5, 0.6) is 0 Å². The van der Waals surface area contributed by atoms with Gasteiger partial charge in [-0.25, -0.2) is 0 Å². The van der Waals surface area contributed by atoms with Gasteiger partial charge in [-0.15, -0.1) is 0 Å². The highest BCUT2D eigenvalue weighted by atomic mass is 16.4. The molecule has 2 atom stereocenters. The molecule has 2 unspecified atom stereocenters. The summed E-state index contributed by atoms with van der Waals surface area (Å²) in [5.74, 6) is 0.258. The lowest BCUT2D eigenvalue weighted by molar-refractivity contribution is 0.265. The van der Waals surface area contributed by atoms with Crippen molar-refractivity contribution in [2.45, 2.75) is 46.2 Å². The maximum Gasteiger partial charge on any atom is 0.156 e. The van der Waals surface area contributed by atoms with Crippen LogP contribution in [0.1, 0.15) is 34.1 Å². The number of hydrogen-bond acceptors (Lipinski definition) is 4. The molecular weight excluding hydrogens is 204 g/mol. The summed E-state index contributed by atoms with van der Waals surface area (Å²) in [6.45, 7) is 11.5. The molecule has 96 valence electrons. The number of nitrogens with two attached hydrogens (primary N) is 1. The fraction of sp³-hybridized carbons (Fsp3) is 0.909. The molecule has 0 aromatic carbocycles. The molecule has 0 radical (unpaired) electrons. The lowest BCUT2D eigenvalue weighted by Crippen LogP contribution is -2.49. The molecule has 0 amide bonds. The van der Waals surface area contributed by atoms with Crippen LogP contribution in [-0.2, 0) is 0 Å². The molecule has 0 rings (SSSR count). The van der Waals surface area contributed by atoms with Gasteiger partial charge in [-0.2, -0.15) is 0 Å². The number of rotatable bonds is 8. The molecule has 0 aliphatic rings. The third-order valence-corrected chi connectivity index (χ3v) is 2.79.